The molecule has 8 nitrogen and oxygen atoms in total. The van der Waals surface area contributed by atoms with Gasteiger partial charge < -0.3 is 9.47 Å². The average molecular weight is 448 g/mol. The third-order valence-corrected chi connectivity index (χ3v) is 4.50. The van der Waals surface area contributed by atoms with Gasteiger partial charge in [0.15, 0.2) is 11.5 Å². The molecule has 0 aliphatic rings. The maximum absolute atomic E-state index is 11.5. The van der Waals surface area contributed by atoms with Crippen molar-refractivity contribution >= 4 is 35.4 Å². The molecule has 0 aliphatic heterocycles. The fourth-order valence-corrected chi connectivity index (χ4v) is 2.86. The van der Waals surface area contributed by atoms with Crippen molar-refractivity contribution in [3.05, 3.63) is 73.6 Å². The van der Waals surface area contributed by atoms with Crippen LogP contribution in [0.5, 0.6) is 11.5 Å². The second-order valence-corrected chi connectivity index (χ2v) is 6.97. The van der Waals surface area contributed by atoms with Crippen molar-refractivity contribution in [3.63, 3.8) is 0 Å². The summed E-state index contributed by atoms with van der Waals surface area (Å²) in [6.07, 6.45) is 1.56. The van der Waals surface area contributed by atoms with Crippen LogP contribution in [0, 0.1) is 6.92 Å². The first kappa shape index (κ1) is 21.6. The summed E-state index contributed by atoms with van der Waals surface area (Å²) in [5.41, 5.74) is 4.14. The van der Waals surface area contributed by atoms with Crippen molar-refractivity contribution in [1.82, 2.24) is 15.2 Å². The Balaban J connectivity index is 1.70. The number of aromatic amines is 1. The van der Waals surface area contributed by atoms with Crippen molar-refractivity contribution in [3.8, 4) is 11.5 Å². The van der Waals surface area contributed by atoms with Gasteiger partial charge in [-0.2, -0.15) is 5.10 Å². The van der Waals surface area contributed by atoms with Crippen molar-refractivity contribution in [2.24, 2.45) is 5.10 Å². The standard InChI is InChI=1S/C20H19Cl2N5O3/c1-3-29-18-8-13(10-23-26-20-24-19(28)12(2)25-27-20)4-7-17(18)30-11-14-5-6-15(21)9-16(14)22/h4-10H,3,11H2,1-2H3,(H2,24,26,27,28)/b23-10+. The van der Waals surface area contributed by atoms with Gasteiger partial charge in [-0.1, -0.05) is 29.3 Å². The van der Waals surface area contributed by atoms with E-state index in [1.54, 1.807) is 37.4 Å². The van der Waals surface area contributed by atoms with E-state index in [-0.39, 0.29) is 23.8 Å². The van der Waals surface area contributed by atoms with E-state index < -0.39 is 0 Å². The van der Waals surface area contributed by atoms with Gasteiger partial charge in [0.2, 0.25) is 5.95 Å². The van der Waals surface area contributed by atoms with Crippen LogP contribution in [-0.2, 0) is 6.61 Å². The van der Waals surface area contributed by atoms with Crippen LogP contribution in [0.25, 0.3) is 0 Å². The molecule has 0 saturated carbocycles. The number of hydrazone groups is 1. The number of aryl methyl sites for hydroxylation is 1. The Labute approximate surface area is 182 Å². The largest absolute Gasteiger partial charge is 0.490 e. The molecule has 0 amide bonds. The second kappa shape index (κ2) is 10.1. The van der Waals surface area contributed by atoms with Crippen LogP contribution in [0.15, 0.2) is 46.3 Å². The van der Waals surface area contributed by atoms with Gasteiger partial charge in [-0.3, -0.25) is 9.78 Å². The van der Waals surface area contributed by atoms with E-state index in [9.17, 15) is 4.79 Å². The van der Waals surface area contributed by atoms with Gasteiger partial charge in [0, 0.05) is 15.6 Å². The number of rotatable bonds is 8. The Morgan fingerprint density at radius 3 is 2.70 bits per heavy atom. The summed E-state index contributed by atoms with van der Waals surface area (Å²) in [6, 6.07) is 10.6. The minimum Gasteiger partial charge on any atom is -0.490 e. The summed E-state index contributed by atoms with van der Waals surface area (Å²) in [4.78, 5) is 14.1. The number of benzene rings is 2. The Hall–Kier alpha value is -3.10. The summed E-state index contributed by atoms with van der Waals surface area (Å²) in [7, 11) is 0. The van der Waals surface area contributed by atoms with Crippen LogP contribution in [0.2, 0.25) is 10.0 Å². The van der Waals surface area contributed by atoms with E-state index in [4.69, 9.17) is 32.7 Å². The number of nitrogens with zero attached hydrogens (tertiary/aromatic N) is 3. The van der Waals surface area contributed by atoms with Crippen LogP contribution < -0.4 is 20.5 Å². The number of nitrogens with one attached hydrogen (secondary N) is 2. The molecule has 156 valence electrons. The number of H-pyrrole nitrogens is 1. The zero-order valence-electron chi connectivity index (χ0n) is 16.3. The average Bonchev–Trinajstić information content (AvgIpc) is 2.71. The molecule has 0 saturated heterocycles. The van der Waals surface area contributed by atoms with E-state index >= 15 is 0 Å². The van der Waals surface area contributed by atoms with Crippen LogP contribution in [0.3, 0.4) is 0 Å². The summed E-state index contributed by atoms with van der Waals surface area (Å²) >= 11 is 12.1. The minimum atomic E-state index is -0.330. The lowest BCUT2D eigenvalue weighted by atomic mass is 10.2. The van der Waals surface area contributed by atoms with Crippen molar-refractivity contribution in [2.45, 2.75) is 20.5 Å². The molecule has 3 aromatic rings. The molecule has 0 atom stereocenters. The lowest BCUT2D eigenvalue weighted by molar-refractivity contribution is 0.269. The SMILES string of the molecule is CCOc1cc(/C=N/Nc2nnc(C)c(=O)[nH]2)ccc1OCc1ccc(Cl)cc1Cl. The molecule has 0 unspecified atom stereocenters. The fraction of sp³-hybridized carbons (Fsp3) is 0.200. The van der Waals surface area contributed by atoms with Crippen LogP contribution in [0.4, 0.5) is 5.95 Å². The summed E-state index contributed by atoms with van der Waals surface area (Å²) in [5, 5.41) is 12.7. The first-order valence-electron chi connectivity index (χ1n) is 9.02. The summed E-state index contributed by atoms with van der Waals surface area (Å²) in [5.74, 6) is 1.28. The van der Waals surface area contributed by atoms with Crippen LogP contribution >= 0.6 is 23.2 Å². The van der Waals surface area contributed by atoms with E-state index in [1.165, 1.54) is 0 Å². The van der Waals surface area contributed by atoms with E-state index in [0.717, 1.165) is 11.1 Å². The zero-order valence-corrected chi connectivity index (χ0v) is 17.8. The molecule has 10 heteroatoms. The minimum absolute atomic E-state index is 0.145. The molecule has 0 bridgehead atoms. The number of ether oxygens (including phenoxy) is 2. The normalized spacial score (nSPS) is 10.9. The van der Waals surface area contributed by atoms with E-state index in [0.29, 0.717) is 28.2 Å². The monoisotopic (exact) mass is 447 g/mol. The van der Waals surface area contributed by atoms with Gasteiger partial charge in [-0.05, 0) is 49.7 Å². The highest BCUT2D eigenvalue weighted by molar-refractivity contribution is 6.35. The van der Waals surface area contributed by atoms with E-state index in [2.05, 4.69) is 25.7 Å². The van der Waals surface area contributed by atoms with Gasteiger partial charge in [-0.25, -0.2) is 5.43 Å². The molecule has 2 aromatic carbocycles. The van der Waals surface area contributed by atoms with Crippen LogP contribution in [0.1, 0.15) is 23.7 Å². The van der Waals surface area contributed by atoms with Gasteiger partial charge in [-0.15, -0.1) is 10.2 Å². The first-order chi connectivity index (χ1) is 14.5. The summed E-state index contributed by atoms with van der Waals surface area (Å²) in [6.45, 7) is 4.19. The highest BCUT2D eigenvalue weighted by atomic mass is 35.5. The number of aromatic nitrogens is 3. The molecule has 30 heavy (non-hydrogen) atoms. The van der Waals surface area contributed by atoms with Gasteiger partial charge in [0.25, 0.3) is 5.56 Å². The predicted molar refractivity (Wildman–Crippen MR) is 117 cm³/mol. The fourth-order valence-electron chi connectivity index (χ4n) is 2.40. The molecule has 0 spiro atoms. The lowest BCUT2D eigenvalue weighted by Crippen LogP contribution is -2.15. The molecular weight excluding hydrogens is 429 g/mol. The molecular formula is C20H19Cl2N5O3. The summed E-state index contributed by atoms with van der Waals surface area (Å²) < 4.78 is 11.6. The molecule has 1 aromatic heterocycles. The van der Waals surface area contributed by atoms with Gasteiger partial charge >= 0.3 is 0 Å². The Bertz CT molecular complexity index is 1120. The number of hydrogen-bond donors (Lipinski definition) is 2. The predicted octanol–water partition coefficient (Wildman–Crippen LogP) is 4.20. The molecule has 3 rings (SSSR count). The third-order valence-electron chi connectivity index (χ3n) is 3.91. The van der Waals surface area contributed by atoms with E-state index in [1.807, 2.05) is 19.1 Å². The second-order valence-electron chi connectivity index (χ2n) is 6.12. The molecule has 1 heterocycles. The highest BCUT2D eigenvalue weighted by Gasteiger charge is 2.08. The Kier molecular flexibility index (Phi) is 7.26. The maximum Gasteiger partial charge on any atom is 0.274 e. The highest BCUT2D eigenvalue weighted by Crippen LogP contribution is 2.30. The quantitative estimate of drug-likeness (QED) is 0.396. The van der Waals surface area contributed by atoms with Gasteiger partial charge in [0.1, 0.15) is 12.3 Å². The van der Waals surface area contributed by atoms with Gasteiger partial charge in [0.05, 0.1) is 12.8 Å². The lowest BCUT2D eigenvalue weighted by Gasteiger charge is -2.13. The topological polar surface area (TPSA) is 101 Å². The smallest absolute Gasteiger partial charge is 0.274 e. The molecule has 2 N–H and O–H groups in total. The van der Waals surface area contributed by atoms with Crippen molar-refractivity contribution in [1.29, 1.82) is 0 Å². The molecule has 0 radical (unpaired) electrons. The third kappa shape index (κ3) is 5.71. The maximum atomic E-state index is 11.5. The number of halogens is 2. The zero-order chi connectivity index (χ0) is 21.5. The Morgan fingerprint density at radius 1 is 1.13 bits per heavy atom. The number of anilines is 1. The first-order valence-corrected chi connectivity index (χ1v) is 9.78. The Morgan fingerprint density at radius 2 is 1.97 bits per heavy atom. The van der Waals surface area contributed by atoms with Crippen LogP contribution in [-0.4, -0.2) is 28.0 Å². The molecule has 0 fully saturated rings. The van der Waals surface area contributed by atoms with Crippen molar-refractivity contribution in [2.75, 3.05) is 12.0 Å². The van der Waals surface area contributed by atoms with Crippen molar-refractivity contribution < 1.29 is 9.47 Å². The number of hydrogen-bond acceptors (Lipinski definition) is 7. The molecule has 0 aliphatic carbocycles.